The van der Waals surface area contributed by atoms with Gasteiger partial charge < -0.3 is 4.74 Å². The summed E-state index contributed by atoms with van der Waals surface area (Å²) in [4.78, 5) is 11.0. The number of rotatable bonds is 3. The summed E-state index contributed by atoms with van der Waals surface area (Å²) in [6.07, 6.45) is 0.659. The van der Waals surface area contributed by atoms with Gasteiger partial charge in [-0.15, -0.1) is 22.6 Å². The summed E-state index contributed by atoms with van der Waals surface area (Å²) < 4.78 is 6.06. The molecule has 0 saturated carbocycles. The first-order valence-corrected chi connectivity index (χ1v) is 5.02. The SMILES string of the molecule is COC(=O)CCc1nnc2ccc(Cl)nn12.Cl. The van der Waals surface area contributed by atoms with Gasteiger partial charge in [-0.1, -0.05) is 11.6 Å². The Hall–Kier alpha value is -1.40. The molecule has 0 saturated heterocycles. The Balaban J connectivity index is 0.00000144. The van der Waals surface area contributed by atoms with Crippen LogP contribution in [-0.2, 0) is 16.0 Å². The molecule has 0 aromatic carbocycles. The molecule has 0 aliphatic heterocycles. The molecule has 0 spiro atoms. The van der Waals surface area contributed by atoms with Crippen LogP contribution < -0.4 is 0 Å². The maximum atomic E-state index is 11.0. The average Bonchev–Trinajstić information content (AvgIpc) is 2.68. The third-order valence-electron chi connectivity index (χ3n) is 2.08. The molecule has 0 amide bonds. The fraction of sp³-hybridized carbons (Fsp3) is 0.333. The van der Waals surface area contributed by atoms with E-state index in [0.29, 0.717) is 23.0 Å². The maximum Gasteiger partial charge on any atom is 0.305 e. The predicted octanol–water partition coefficient (Wildman–Crippen LogP) is 1.31. The highest BCUT2D eigenvalue weighted by Crippen LogP contribution is 2.08. The van der Waals surface area contributed by atoms with Gasteiger partial charge in [-0.05, 0) is 12.1 Å². The van der Waals surface area contributed by atoms with Crippen molar-refractivity contribution < 1.29 is 9.53 Å². The molecule has 92 valence electrons. The molecule has 8 heteroatoms. The van der Waals surface area contributed by atoms with Gasteiger partial charge in [0.15, 0.2) is 11.5 Å². The lowest BCUT2D eigenvalue weighted by atomic mass is 10.3. The number of aryl methyl sites for hydroxylation is 1. The Labute approximate surface area is 108 Å². The third-order valence-corrected chi connectivity index (χ3v) is 2.28. The molecular weight excluding hydrogens is 267 g/mol. The van der Waals surface area contributed by atoms with Gasteiger partial charge in [0.05, 0.1) is 13.5 Å². The molecule has 2 heterocycles. The molecule has 6 nitrogen and oxygen atoms in total. The zero-order valence-corrected chi connectivity index (χ0v) is 10.5. The van der Waals surface area contributed by atoms with Crippen LogP contribution in [0.1, 0.15) is 12.2 Å². The molecular formula is C9H10Cl2N4O2. The van der Waals surface area contributed by atoms with Crippen LogP contribution in [0.3, 0.4) is 0 Å². The summed E-state index contributed by atoms with van der Waals surface area (Å²) in [5.74, 6) is 0.293. The Bertz CT molecular complexity index is 529. The monoisotopic (exact) mass is 276 g/mol. The zero-order chi connectivity index (χ0) is 11.5. The van der Waals surface area contributed by atoms with E-state index in [4.69, 9.17) is 11.6 Å². The van der Waals surface area contributed by atoms with E-state index >= 15 is 0 Å². The van der Waals surface area contributed by atoms with Crippen molar-refractivity contribution >= 4 is 35.6 Å². The molecule has 0 aliphatic rings. The lowest BCUT2D eigenvalue weighted by Crippen LogP contribution is -2.05. The van der Waals surface area contributed by atoms with Gasteiger partial charge in [0.2, 0.25) is 0 Å². The molecule has 2 aromatic rings. The maximum absolute atomic E-state index is 11.0. The van der Waals surface area contributed by atoms with E-state index in [1.165, 1.54) is 11.6 Å². The predicted molar refractivity (Wildman–Crippen MR) is 63.4 cm³/mol. The van der Waals surface area contributed by atoms with Crippen molar-refractivity contribution in [3.8, 4) is 0 Å². The van der Waals surface area contributed by atoms with E-state index in [1.54, 1.807) is 12.1 Å². The first-order valence-electron chi connectivity index (χ1n) is 4.64. The lowest BCUT2D eigenvalue weighted by Gasteiger charge is -1.98. The number of halogens is 2. The molecule has 0 fully saturated rings. The smallest absolute Gasteiger partial charge is 0.305 e. The number of hydrogen-bond acceptors (Lipinski definition) is 5. The normalized spacial score (nSPS) is 10.0. The van der Waals surface area contributed by atoms with Crippen LogP contribution >= 0.6 is 24.0 Å². The van der Waals surface area contributed by atoms with Crippen LogP contribution in [-0.4, -0.2) is 32.9 Å². The Morgan fingerprint density at radius 1 is 1.47 bits per heavy atom. The molecule has 0 atom stereocenters. The van der Waals surface area contributed by atoms with E-state index in [-0.39, 0.29) is 24.8 Å². The first kappa shape index (κ1) is 13.7. The second kappa shape index (κ2) is 5.79. The second-order valence-electron chi connectivity index (χ2n) is 3.12. The second-order valence-corrected chi connectivity index (χ2v) is 3.51. The number of methoxy groups -OCH3 is 1. The number of carbonyl (C=O) groups is 1. The van der Waals surface area contributed by atoms with Crippen molar-refractivity contribution in [1.29, 1.82) is 0 Å². The fourth-order valence-corrected chi connectivity index (χ4v) is 1.42. The van der Waals surface area contributed by atoms with Crippen LogP contribution in [0.15, 0.2) is 12.1 Å². The van der Waals surface area contributed by atoms with Crippen molar-refractivity contribution in [3.63, 3.8) is 0 Å². The zero-order valence-electron chi connectivity index (χ0n) is 8.96. The Kier molecular flexibility index (Phi) is 4.65. The first-order chi connectivity index (χ1) is 7.70. The summed E-state index contributed by atoms with van der Waals surface area (Å²) >= 11 is 5.76. The van der Waals surface area contributed by atoms with Gasteiger partial charge in [0.25, 0.3) is 0 Å². The molecule has 17 heavy (non-hydrogen) atoms. The van der Waals surface area contributed by atoms with Crippen LogP contribution in [0, 0.1) is 0 Å². The molecule has 0 unspecified atom stereocenters. The van der Waals surface area contributed by atoms with Crippen LogP contribution in [0.25, 0.3) is 5.65 Å². The molecule has 0 radical (unpaired) electrons. The minimum Gasteiger partial charge on any atom is -0.469 e. The number of ether oxygens (including phenoxy) is 1. The standard InChI is InChI=1S/C9H9ClN4O2.ClH/c1-16-9(15)5-4-8-12-11-7-3-2-6(10)13-14(7)8;/h2-3H,4-5H2,1H3;1H. The highest BCUT2D eigenvalue weighted by Gasteiger charge is 2.09. The summed E-state index contributed by atoms with van der Waals surface area (Å²) in [5, 5.41) is 12.2. The van der Waals surface area contributed by atoms with E-state index in [0.717, 1.165) is 0 Å². The van der Waals surface area contributed by atoms with Crippen molar-refractivity contribution in [1.82, 2.24) is 19.8 Å². The summed E-state index contributed by atoms with van der Waals surface area (Å²) in [7, 11) is 1.35. The third kappa shape index (κ3) is 3.04. The van der Waals surface area contributed by atoms with Crippen LogP contribution in [0.4, 0.5) is 0 Å². The number of nitrogens with zero attached hydrogens (tertiary/aromatic N) is 4. The summed E-state index contributed by atoms with van der Waals surface area (Å²) in [6, 6.07) is 3.35. The molecule has 0 bridgehead atoms. The highest BCUT2D eigenvalue weighted by molar-refractivity contribution is 6.29. The van der Waals surface area contributed by atoms with Gasteiger partial charge in [0.1, 0.15) is 5.15 Å². The number of esters is 1. The quantitative estimate of drug-likeness (QED) is 0.791. The highest BCUT2D eigenvalue weighted by atomic mass is 35.5. The fourth-order valence-electron chi connectivity index (χ4n) is 1.28. The largest absolute Gasteiger partial charge is 0.469 e. The van der Waals surface area contributed by atoms with Gasteiger partial charge in [-0.25, -0.2) is 0 Å². The number of hydrogen-bond donors (Lipinski definition) is 0. The number of carbonyl (C=O) groups excluding carboxylic acids is 1. The summed E-state index contributed by atoms with van der Waals surface area (Å²) in [6.45, 7) is 0. The molecule has 0 aliphatic carbocycles. The molecule has 2 rings (SSSR count). The van der Waals surface area contributed by atoms with Gasteiger partial charge in [-0.3, -0.25) is 4.79 Å². The molecule has 0 N–H and O–H groups in total. The Morgan fingerprint density at radius 3 is 2.94 bits per heavy atom. The topological polar surface area (TPSA) is 69.4 Å². The van der Waals surface area contributed by atoms with E-state index in [2.05, 4.69) is 20.0 Å². The summed E-state index contributed by atoms with van der Waals surface area (Å²) in [5.41, 5.74) is 0.601. The van der Waals surface area contributed by atoms with Crippen molar-refractivity contribution in [2.24, 2.45) is 0 Å². The minimum atomic E-state index is -0.293. The lowest BCUT2D eigenvalue weighted by molar-refractivity contribution is -0.140. The van der Waals surface area contributed by atoms with Crippen molar-refractivity contribution in [3.05, 3.63) is 23.1 Å². The van der Waals surface area contributed by atoms with Gasteiger partial charge in [-0.2, -0.15) is 9.61 Å². The number of aromatic nitrogens is 4. The average molecular weight is 277 g/mol. The van der Waals surface area contributed by atoms with Crippen LogP contribution in [0.5, 0.6) is 0 Å². The van der Waals surface area contributed by atoms with Gasteiger partial charge in [0, 0.05) is 6.42 Å². The molecule has 2 aromatic heterocycles. The van der Waals surface area contributed by atoms with Crippen molar-refractivity contribution in [2.75, 3.05) is 7.11 Å². The number of fused-ring (bicyclic) bond motifs is 1. The minimum absolute atomic E-state index is 0. The van der Waals surface area contributed by atoms with E-state index in [1.807, 2.05) is 0 Å². The van der Waals surface area contributed by atoms with Crippen LogP contribution in [0.2, 0.25) is 5.15 Å². The van der Waals surface area contributed by atoms with Crippen molar-refractivity contribution in [2.45, 2.75) is 12.8 Å². The van der Waals surface area contributed by atoms with E-state index < -0.39 is 0 Å². The Morgan fingerprint density at radius 2 is 2.24 bits per heavy atom. The van der Waals surface area contributed by atoms with E-state index in [9.17, 15) is 4.79 Å². The van der Waals surface area contributed by atoms with Gasteiger partial charge >= 0.3 is 5.97 Å².